The number of esters is 1. The van der Waals surface area contributed by atoms with E-state index >= 15 is 0 Å². The zero-order chi connectivity index (χ0) is 20.5. The van der Waals surface area contributed by atoms with Crippen molar-refractivity contribution < 1.29 is 19.4 Å². The molecule has 0 N–H and O–H groups in total. The van der Waals surface area contributed by atoms with Crippen molar-refractivity contribution in [1.82, 2.24) is 0 Å². The van der Waals surface area contributed by atoms with Crippen molar-refractivity contribution in [3.8, 4) is 0 Å². The Balaban J connectivity index is 1.86. The first-order chi connectivity index (χ1) is 13.3. The number of nitro benzene ring substituents is 2. The number of carbonyl (C=O) groups is 1. The van der Waals surface area contributed by atoms with Crippen LogP contribution >= 0.6 is 23.5 Å². The third-order valence-corrected chi connectivity index (χ3v) is 9.18. The van der Waals surface area contributed by atoms with Crippen molar-refractivity contribution in [3.63, 3.8) is 0 Å². The standard InChI is InChI=1S/C18H22N2O6S2/c1-27-18(28-2)10-16(14-5-3-4-6-15(14)18)26-17(21)11-7-12(19(22)23)9-13(8-11)20(24)25/h7-9,14-16H,3-6,10H2,1-2H3/t14-,15+,16+/m0/s1. The maximum atomic E-state index is 12.7. The summed E-state index contributed by atoms with van der Waals surface area (Å²) in [5.41, 5.74) is -1.14. The third-order valence-electron chi connectivity index (χ3n) is 5.86. The lowest BCUT2D eigenvalue weighted by molar-refractivity contribution is -0.394. The van der Waals surface area contributed by atoms with Gasteiger partial charge >= 0.3 is 5.97 Å². The van der Waals surface area contributed by atoms with E-state index in [1.807, 2.05) is 0 Å². The van der Waals surface area contributed by atoms with Crippen LogP contribution in [0.2, 0.25) is 0 Å². The number of hydrogen-bond donors (Lipinski definition) is 0. The Kier molecular flexibility index (Phi) is 6.18. The lowest BCUT2D eigenvalue weighted by Gasteiger charge is -2.36. The molecule has 0 aromatic heterocycles. The lowest BCUT2D eigenvalue weighted by atomic mass is 9.80. The molecule has 1 aromatic rings. The monoisotopic (exact) mass is 426 g/mol. The van der Waals surface area contributed by atoms with Gasteiger partial charge in [0.25, 0.3) is 11.4 Å². The first-order valence-electron chi connectivity index (χ1n) is 9.06. The molecule has 0 unspecified atom stereocenters. The molecule has 2 aliphatic rings. The van der Waals surface area contributed by atoms with Crippen LogP contribution < -0.4 is 0 Å². The van der Waals surface area contributed by atoms with Gasteiger partial charge < -0.3 is 4.74 Å². The van der Waals surface area contributed by atoms with Gasteiger partial charge in [0.15, 0.2) is 0 Å². The Morgan fingerprint density at radius 3 is 2.18 bits per heavy atom. The number of fused-ring (bicyclic) bond motifs is 1. The fourth-order valence-corrected chi connectivity index (χ4v) is 7.06. The molecule has 0 bridgehead atoms. The van der Waals surface area contributed by atoms with Crippen LogP contribution in [-0.4, -0.2) is 38.5 Å². The molecule has 2 aliphatic carbocycles. The van der Waals surface area contributed by atoms with Crippen LogP contribution in [0.3, 0.4) is 0 Å². The van der Waals surface area contributed by atoms with Gasteiger partial charge in [0.1, 0.15) is 6.10 Å². The molecule has 28 heavy (non-hydrogen) atoms. The number of ether oxygens (including phenoxy) is 1. The summed E-state index contributed by atoms with van der Waals surface area (Å²) in [6.07, 6.45) is 8.94. The Morgan fingerprint density at radius 2 is 1.64 bits per heavy atom. The number of non-ortho nitro benzene ring substituents is 2. The Labute approximate surface area is 171 Å². The molecule has 2 fully saturated rings. The summed E-state index contributed by atoms with van der Waals surface area (Å²) in [6.45, 7) is 0. The fraction of sp³-hybridized carbons (Fsp3) is 0.611. The minimum atomic E-state index is -0.747. The highest BCUT2D eigenvalue weighted by Gasteiger charge is 2.54. The summed E-state index contributed by atoms with van der Waals surface area (Å²) in [5.74, 6) is -0.0334. The van der Waals surface area contributed by atoms with E-state index in [4.69, 9.17) is 4.74 Å². The smallest absolute Gasteiger partial charge is 0.338 e. The molecule has 0 radical (unpaired) electrons. The predicted molar refractivity (Wildman–Crippen MR) is 109 cm³/mol. The predicted octanol–water partition coefficient (Wildman–Crippen LogP) is 4.66. The van der Waals surface area contributed by atoms with E-state index in [0.29, 0.717) is 12.3 Å². The van der Waals surface area contributed by atoms with Crippen LogP contribution in [0.15, 0.2) is 18.2 Å². The van der Waals surface area contributed by atoms with Gasteiger partial charge in [-0.2, -0.15) is 0 Å². The van der Waals surface area contributed by atoms with Crippen molar-refractivity contribution in [3.05, 3.63) is 44.0 Å². The van der Waals surface area contributed by atoms with Crippen LogP contribution in [0, 0.1) is 32.1 Å². The van der Waals surface area contributed by atoms with Gasteiger partial charge in [-0.1, -0.05) is 12.8 Å². The molecule has 0 saturated heterocycles. The second-order valence-corrected chi connectivity index (χ2v) is 9.71. The molecule has 10 heteroatoms. The van der Waals surface area contributed by atoms with Gasteiger partial charge in [0.2, 0.25) is 0 Å². The van der Waals surface area contributed by atoms with Crippen molar-refractivity contribution in [2.45, 2.75) is 42.3 Å². The maximum absolute atomic E-state index is 12.7. The number of carbonyl (C=O) groups excluding carboxylic acids is 1. The summed E-state index contributed by atoms with van der Waals surface area (Å²) >= 11 is 3.60. The van der Waals surface area contributed by atoms with Gasteiger partial charge in [0, 0.05) is 24.5 Å². The topological polar surface area (TPSA) is 113 Å². The molecule has 0 spiro atoms. The summed E-state index contributed by atoms with van der Waals surface area (Å²) in [5, 5.41) is 22.1. The number of benzene rings is 1. The highest BCUT2D eigenvalue weighted by molar-refractivity contribution is 8.17. The molecule has 2 saturated carbocycles. The number of nitrogens with zero attached hydrogens (tertiary/aromatic N) is 2. The largest absolute Gasteiger partial charge is 0.458 e. The van der Waals surface area contributed by atoms with E-state index in [2.05, 4.69) is 12.5 Å². The zero-order valence-electron chi connectivity index (χ0n) is 15.7. The quantitative estimate of drug-likeness (QED) is 0.279. The molecule has 3 atom stereocenters. The van der Waals surface area contributed by atoms with Gasteiger partial charge in [-0.05, 0) is 31.3 Å². The van der Waals surface area contributed by atoms with E-state index in [-0.39, 0.29) is 21.7 Å². The highest BCUT2D eigenvalue weighted by Crippen LogP contribution is 2.59. The van der Waals surface area contributed by atoms with Gasteiger partial charge in [0.05, 0.1) is 25.6 Å². The number of nitro groups is 2. The summed E-state index contributed by atoms with van der Waals surface area (Å²) in [4.78, 5) is 33.4. The Hall–Kier alpha value is -1.81. The van der Waals surface area contributed by atoms with Crippen molar-refractivity contribution in [2.75, 3.05) is 12.5 Å². The molecule has 0 aliphatic heterocycles. The fourth-order valence-electron chi connectivity index (χ4n) is 4.54. The lowest BCUT2D eigenvalue weighted by Crippen LogP contribution is -2.31. The molecule has 152 valence electrons. The molecule has 1 aromatic carbocycles. The van der Waals surface area contributed by atoms with Crippen LogP contribution in [0.25, 0.3) is 0 Å². The number of rotatable bonds is 6. The molecule has 8 nitrogen and oxygen atoms in total. The average molecular weight is 427 g/mol. The minimum Gasteiger partial charge on any atom is -0.458 e. The van der Waals surface area contributed by atoms with Crippen LogP contribution in [0.4, 0.5) is 11.4 Å². The third kappa shape index (κ3) is 3.84. The minimum absolute atomic E-state index is 0.00921. The summed E-state index contributed by atoms with van der Waals surface area (Å²) in [6, 6.07) is 2.92. The first-order valence-corrected chi connectivity index (χ1v) is 11.5. The van der Waals surface area contributed by atoms with Crippen LogP contribution in [-0.2, 0) is 4.74 Å². The Bertz CT molecular complexity index is 766. The normalized spacial score (nSPS) is 25.7. The van der Waals surface area contributed by atoms with E-state index in [1.165, 1.54) is 6.42 Å². The molecule has 3 rings (SSSR count). The Morgan fingerprint density at radius 1 is 1.07 bits per heavy atom. The van der Waals surface area contributed by atoms with E-state index in [0.717, 1.165) is 37.5 Å². The van der Waals surface area contributed by atoms with E-state index in [9.17, 15) is 25.0 Å². The summed E-state index contributed by atoms with van der Waals surface area (Å²) in [7, 11) is 0. The van der Waals surface area contributed by atoms with Gasteiger partial charge in [-0.15, -0.1) is 23.5 Å². The van der Waals surface area contributed by atoms with Gasteiger partial charge in [-0.25, -0.2) is 4.79 Å². The van der Waals surface area contributed by atoms with Crippen LogP contribution in [0.5, 0.6) is 0 Å². The van der Waals surface area contributed by atoms with Gasteiger partial charge in [-0.3, -0.25) is 20.2 Å². The average Bonchev–Trinajstić information content (AvgIpc) is 3.01. The van der Waals surface area contributed by atoms with E-state index < -0.39 is 27.2 Å². The molecule has 0 heterocycles. The molecular weight excluding hydrogens is 404 g/mol. The zero-order valence-corrected chi connectivity index (χ0v) is 17.3. The SMILES string of the molecule is CSC1(SC)C[C@@H](OC(=O)c2cc([N+](=O)[O-])cc([N+](=O)[O-])c2)[C@H]2CCCC[C@H]21. The van der Waals surface area contributed by atoms with Crippen LogP contribution in [0.1, 0.15) is 42.5 Å². The second-order valence-electron chi connectivity index (χ2n) is 7.18. The highest BCUT2D eigenvalue weighted by atomic mass is 32.2. The molecular formula is C18H22N2O6S2. The summed E-state index contributed by atoms with van der Waals surface area (Å²) < 4.78 is 5.78. The van der Waals surface area contributed by atoms with Crippen molar-refractivity contribution >= 4 is 40.9 Å². The van der Waals surface area contributed by atoms with Crippen molar-refractivity contribution in [2.24, 2.45) is 11.8 Å². The molecule has 0 amide bonds. The number of hydrogen-bond acceptors (Lipinski definition) is 8. The number of thioether (sulfide) groups is 2. The van der Waals surface area contributed by atoms with E-state index in [1.54, 1.807) is 23.5 Å². The first kappa shape index (κ1) is 20.9. The second kappa shape index (κ2) is 8.28. The maximum Gasteiger partial charge on any atom is 0.338 e. The van der Waals surface area contributed by atoms with Crippen molar-refractivity contribution in [1.29, 1.82) is 0 Å².